The molecule has 0 saturated carbocycles. The normalized spacial score (nSPS) is 10.4. The van der Waals surface area contributed by atoms with Crippen LogP contribution in [0.5, 0.6) is 0 Å². The molecule has 0 atom stereocenters. The van der Waals surface area contributed by atoms with E-state index in [1.54, 1.807) is 0 Å². The van der Waals surface area contributed by atoms with Gasteiger partial charge in [0.15, 0.2) is 0 Å². The second-order valence-electron chi connectivity index (χ2n) is 2.68. The summed E-state index contributed by atoms with van der Waals surface area (Å²) in [6.07, 6.45) is 0.911. The zero-order valence-electron chi connectivity index (χ0n) is 8.32. The maximum atomic E-state index is 5.31. The Morgan fingerprint density at radius 3 is 3.00 bits per heavy atom. The van der Waals surface area contributed by atoms with Gasteiger partial charge in [0.1, 0.15) is 0 Å². The van der Waals surface area contributed by atoms with Gasteiger partial charge in [0.05, 0.1) is 6.54 Å². The number of hydrogen-bond acceptors (Lipinski definition) is 6. The standard InChI is InChI=1S/C8H16N4O2/c1-2-13-5-3-4-10-8-12-11-7(6-9)14-8/h2-6,9H2,1H3,(H,10,12). The van der Waals surface area contributed by atoms with Crippen molar-refractivity contribution in [3.05, 3.63) is 5.89 Å². The lowest BCUT2D eigenvalue weighted by atomic mass is 10.4. The monoisotopic (exact) mass is 200 g/mol. The van der Waals surface area contributed by atoms with Gasteiger partial charge in [0, 0.05) is 19.8 Å². The van der Waals surface area contributed by atoms with Crippen molar-refractivity contribution in [2.24, 2.45) is 5.73 Å². The largest absolute Gasteiger partial charge is 0.407 e. The summed E-state index contributed by atoms with van der Waals surface area (Å²) in [5.74, 6) is 0.442. The molecule has 14 heavy (non-hydrogen) atoms. The van der Waals surface area contributed by atoms with Gasteiger partial charge < -0.3 is 20.2 Å². The zero-order valence-corrected chi connectivity index (χ0v) is 8.32. The van der Waals surface area contributed by atoms with E-state index in [9.17, 15) is 0 Å². The molecule has 1 heterocycles. The fraction of sp³-hybridized carbons (Fsp3) is 0.750. The molecule has 0 saturated heterocycles. The Morgan fingerprint density at radius 1 is 1.50 bits per heavy atom. The molecule has 0 aliphatic heterocycles. The van der Waals surface area contributed by atoms with Crippen LogP contribution in [0.2, 0.25) is 0 Å². The average molecular weight is 200 g/mol. The minimum Gasteiger partial charge on any atom is -0.407 e. The van der Waals surface area contributed by atoms with Crippen molar-refractivity contribution in [1.82, 2.24) is 10.2 Å². The third-order valence-electron chi connectivity index (χ3n) is 1.59. The van der Waals surface area contributed by atoms with Gasteiger partial charge in [-0.2, -0.15) is 0 Å². The zero-order chi connectivity index (χ0) is 10.2. The van der Waals surface area contributed by atoms with E-state index in [4.69, 9.17) is 14.9 Å². The lowest BCUT2D eigenvalue weighted by Gasteiger charge is -2.00. The van der Waals surface area contributed by atoms with Crippen LogP contribution in [-0.2, 0) is 11.3 Å². The van der Waals surface area contributed by atoms with E-state index in [0.717, 1.165) is 26.2 Å². The molecule has 0 spiro atoms. The maximum Gasteiger partial charge on any atom is 0.315 e. The third-order valence-corrected chi connectivity index (χ3v) is 1.59. The van der Waals surface area contributed by atoms with Gasteiger partial charge in [-0.25, -0.2) is 0 Å². The number of ether oxygens (including phenoxy) is 1. The molecule has 3 N–H and O–H groups in total. The summed E-state index contributed by atoms with van der Waals surface area (Å²) in [7, 11) is 0. The Kier molecular flexibility index (Phi) is 4.95. The van der Waals surface area contributed by atoms with E-state index in [-0.39, 0.29) is 6.54 Å². The molecular formula is C8H16N4O2. The predicted octanol–water partition coefficient (Wildman–Crippen LogP) is 0.367. The lowest BCUT2D eigenvalue weighted by Crippen LogP contribution is -2.05. The predicted molar refractivity (Wildman–Crippen MR) is 51.8 cm³/mol. The van der Waals surface area contributed by atoms with Gasteiger partial charge in [0.2, 0.25) is 5.89 Å². The van der Waals surface area contributed by atoms with Gasteiger partial charge in [-0.15, -0.1) is 5.10 Å². The smallest absolute Gasteiger partial charge is 0.315 e. The number of anilines is 1. The van der Waals surface area contributed by atoms with E-state index in [0.29, 0.717) is 11.9 Å². The quantitative estimate of drug-likeness (QED) is 0.618. The second kappa shape index (κ2) is 6.33. The topological polar surface area (TPSA) is 86.2 Å². The van der Waals surface area contributed by atoms with Crippen molar-refractivity contribution in [2.75, 3.05) is 25.1 Å². The lowest BCUT2D eigenvalue weighted by molar-refractivity contribution is 0.147. The number of nitrogens with one attached hydrogen (secondary N) is 1. The van der Waals surface area contributed by atoms with Crippen LogP contribution < -0.4 is 11.1 Å². The molecule has 0 radical (unpaired) electrons. The molecule has 6 heteroatoms. The van der Waals surface area contributed by atoms with Crippen molar-refractivity contribution in [1.29, 1.82) is 0 Å². The Labute approximate surface area is 82.8 Å². The summed E-state index contributed by atoms with van der Waals surface area (Å²) in [6, 6.07) is 0.418. The molecule has 0 aliphatic rings. The van der Waals surface area contributed by atoms with E-state index in [1.165, 1.54) is 0 Å². The van der Waals surface area contributed by atoms with Crippen LogP contribution in [0, 0.1) is 0 Å². The molecule has 0 aromatic carbocycles. The van der Waals surface area contributed by atoms with Gasteiger partial charge in [-0.05, 0) is 13.3 Å². The summed E-state index contributed by atoms with van der Waals surface area (Å²) in [6.45, 7) is 4.48. The van der Waals surface area contributed by atoms with Crippen molar-refractivity contribution in [2.45, 2.75) is 19.9 Å². The molecule has 0 unspecified atom stereocenters. The minimum atomic E-state index is 0.271. The van der Waals surface area contributed by atoms with E-state index >= 15 is 0 Å². The first kappa shape index (κ1) is 10.9. The molecule has 1 aromatic rings. The van der Waals surface area contributed by atoms with Crippen LogP contribution in [0.25, 0.3) is 0 Å². The second-order valence-corrected chi connectivity index (χ2v) is 2.68. The molecule has 0 fully saturated rings. The first-order valence-corrected chi connectivity index (χ1v) is 4.71. The first-order chi connectivity index (χ1) is 6.86. The molecular weight excluding hydrogens is 184 g/mol. The highest BCUT2D eigenvalue weighted by Gasteiger charge is 2.01. The number of nitrogens with two attached hydrogens (primary N) is 1. The van der Waals surface area contributed by atoms with Gasteiger partial charge in [-0.3, -0.25) is 0 Å². The highest BCUT2D eigenvalue weighted by molar-refractivity contribution is 5.16. The Morgan fingerprint density at radius 2 is 2.36 bits per heavy atom. The van der Waals surface area contributed by atoms with Gasteiger partial charge in [-0.1, -0.05) is 5.10 Å². The van der Waals surface area contributed by atoms with E-state index in [1.807, 2.05) is 6.92 Å². The van der Waals surface area contributed by atoms with Crippen LogP contribution in [0.3, 0.4) is 0 Å². The average Bonchev–Trinajstić information content (AvgIpc) is 2.65. The minimum absolute atomic E-state index is 0.271. The van der Waals surface area contributed by atoms with Gasteiger partial charge >= 0.3 is 6.01 Å². The number of aromatic nitrogens is 2. The van der Waals surface area contributed by atoms with Crippen LogP contribution in [0.15, 0.2) is 4.42 Å². The van der Waals surface area contributed by atoms with E-state index in [2.05, 4.69) is 15.5 Å². The van der Waals surface area contributed by atoms with Crippen molar-refractivity contribution in [3.8, 4) is 0 Å². The summed E-state index contributed by atoms with van der Waals surface area (Å²) in [5, 5.41) is 10.5. The Balaban J connectivity index is 2.12. The summed E-state index contributed by atoms with van der Waals surface area (Å²) < 4.78 is 10.3. The third kappa shape index (κ3) is 3.71. The molecule has 0 aliphatic carbocycles. The number of nitrogens with zero attached hydrogens (tertiary/aromatic N) is 2. The maximum absolute atomic E-state index is 5.31. The molecule has 0 bridgehead atoms. The number of hydrogen-bond donors (Lipinski definition) is 2. The molecule has 0 amide bonds. The van der Waals surface area contributed by atoms with Crippen molar-refractivity contribution in [3.63, 3.8) is 0 Å². The SMILES string of the molecule is CCOCCCNc1nnc(CN)o1. The van der Waals surface area contributed by atoms with Crippen LogP contribution >= 0.6 is 0 Å². The van der Waals surface area contributed by atoms with E-state index < -0.39 is 0 Å². The first-order valence-electron chi connectivity index (χ1n) is 4.71. The fourth-order valence-corrected chi connectivity index (χ4v) is 0.921. The summed E-state index contributed by atoms with van der Waals surface area (Å²) >= 11 is 0. The molecule has 1 aromatic heterocycles. The van der Waals surface area contributed by atoms with Gasteiger partial charge in [0.25, 0.3) is 0 Å². The highest BCUT2D eigenvalue weighted by atomic mass is 16.5. The molecule has 1 rings (SSSR count). The fourth-order valence-electron chi connectivity index (χ4n) is 0.921. The molecule has 6 nitrogen and oxygen atoms in total. The van der Waals surface area contributed by atoms with Crippen LogP contribution in [-0.4, -0.2) is 30.0 Å². The van der Waals surface area contributed by atoms with Crippen LogP contribution in [0.4, 0.5) is 6.01 Å². The van der Waals surface area contributed by atoms with Crippen LogP contribution in [0.1, 0.15) is 19.2 Å². The molecule has 80 valence electrons. The summed E-state index contributed by atoms with van der Waals surface area (Å²) in [4.78, 5) is 0. The Hall–Kier alpha value is -1.14. The van der Waals surface area contributed by atoms with Crippen molar-refractivity contribution >= 4 is 6.01 Å². The van der Waals surface area contributed by atoms with Crippen molar-refractivity contribution < 1.29 is 9.15 Å². The highest BCUT2D eigenvalue weighted by Crippen LogP contribution is 2.03. The number of rotatable bonds is 7. The summed E-state index contributed by atoms with van der Waals surface area (Å²) in [5.41, 5.74) is 5.31. The Bertz CT molecular complexity index is 251.